The summed E-state index contributed by atoms with van der Waals surface area (Å²) in [5.74, 6) is 5.91. The van der Waals surface area contributed by atoms with Gasteiger partial charge in [-0.15, -0.1) is 0 Å². The molecule has 0 bridgehead atoms. The third-order valence-electron chi connectivity index (χ3n) is 6.55. The van der Waals surface area contributed by atoms with E-state index in [1.165, 1.54) is 0 Å². The Hall–Kier alpha value is -4.20. The van der Waals surface area contributed by atoms with Crippen molar-refractivity contribution in [1.82, 2.24) is 0 Å². The van der Waals surface area contributed by atoms with Crippen LogP contribution < -0.4 is 0 Å². The van der Waals surface area contributed by atoms with Crippen LogP contribution in [0.25, 0.3) is 0 Å². The second-order valence-corrected chi connectivity index (χ2v) is 21.4. The summed E-state index contributed by atoms with van der Waals surface area (Å²) in [7, 11) is 0. The fraction of sp³-hybridized carbons (Fsp3) is 0.677. The Kier molecular flexibility index (Phi) is 69.5. The lowest BCUT2D eigenvalue weighted by atomic mass is 10.2. The highest BCUT2D eigenvalue weighted by Crippen LogP contribution is 1.98. The van der Waals surface area contributed by atoms with Gasteiger partial charge < -0.3 is 0 Å². The molecule has 8 heteroatoms. The van der Waals surface area contributed by atoms with Crippen LogP contribution in [0.1, 0.15) is 194 Å². The van der Waals surface area contributed by atoms with Gasteiger partial charge in [0.05, 0.1) is 0 Å². The minimum absolute atomic E-state index is 0.351. The van der Waals surface area contributed by atoms with E-state index in [9.17, 15) is 0 Å². The van der Waals surface area contributed by atoms with E-state index in [-0.39, 0.29) is 0 Å². The zero-order valence-corrected chi connectivity index (χ0v) is 51.2. The SMILES string of the molecule is CC(C)/C=C\C=C/C(C)C.CC(C)/C=C\C=NC(C)C.CC(C)/C=C\C=NC(C)C.CC(C)C=N/C=C\C(C)C.CC(C)C=N/C=C\C(C)C.CC(C)C=NC=NC(C)C.CC(C)C=NC=NC(C)C. The molecule has 0 aromatic carbocycles. The van der Waals surface area contributed by atoms with Gasteiger partial charge in [0.2, 0.25) is 0 Å². The highest BCUT2D eigenvalue weighted by atomic mass is 14.9. The van der Waals surface area contributed by atoms with Gasteiger partial charge in [-0.05, 0) is 127 Å². The van der Waals surface area contributed by atoms with Crippen LogP contribution in [0.15, 0.2) is 113 Å². The monoisotopic (exact) mass is 975 g/mol. The van der Waals surface area contributed by atoms with E-state index in [0.29, 0.717) is 83.3 Å². The van der Waals surface area contributed by atoms with Gasteiger partial charge in [-0.1, -0.05) is 187 Å². The molecule has 8 nitrogen and oxygen atoms in total. The summed E-state index contributed by atoms with van der Waals surface area (Å²) in [5, 5.41) is 0. The maximum atomic E-state index is 4.18. The van der Waals surface area contributed by atoms with E-state index in [1.54, 1.807) is 12.7 Å². The lowest BCUT2D eigenvalue weighted by Crippen LogP contribution is -1.90. The molecule has 0 fully saturated rings. The highest BCUT2D eigenvalue weighted by Gasteiger charge is 1.88. The van der Waals surface area contributed by atoms with E-state index >= 15 is 0 Å². The Balaban J connectivity index is -0.000000132. The molecule has 0 spiro atoms. The van der Waals surface area contributed by atoms with Crippen LogP contribution in [0.3, 0.4) is 0 Å². The first-order valence-electron chi connectivity index (χ1n) is 26.6. The van der Waals surface area contributed by atoms with Crippen molar-refractivity contribution in [2.75, 3.05) is 0 Å². The van der Waals surface area contributed by atoms with Crippen molar-refractivity contribution in [3.05, 3.63) is 73.2 Å². The molecule has 0 N–H and O–H groups in total. The van der Waals surface area contributed by atoms with Gasteiger partial charge in [-0.2, -0.15) is 0 Å². The molecule has 0 radical (unpaired) electrons. The average molecular weight is 976 g/mol. The molecule has 0 amide bonds. The van der Waals surface area contributed by atoms with E-state index < -0.39 is 0 Å². The predicted octanol–water partition coefficient (Wildman–Crippen LogP) is 18.8. The third kappa shape index (κ3) is 125. The van der Waals surface area contributed by atoms with Crippen molar-refractivity contribution in [2.45, 2.75) is 218 Å². The van der Waals surface area contributed by atoms with Crippen molar-refractivity contribution in [3.63, 3.8) is 0 Å². The van der Waals surface area contributed by atoms with Gasteiger partial charge in [-0.3, -0.25) is 30.0 Å². The van der Waals surface area contributed by atoms with E-state index in [0.717, 1.165) is 0 Å². The molecule has 0 aliphatic heterocycles. The maximum absolute atomic E-state index is 4.18. The van der Waals surface area contributed by atoms with Crippen molar-refractivity contribution in [3.8, 4) is 0 Å². The topological polar surface area (TPSA) is 98.9 Å². The number of nitrogens with zero attached hydrogens (tertiary/aromatic N) is 8. The van der Waals surface area contributed by atoms with Crippen LogP contribution in [0.5, 0.6) is 0 Å². The number of hydrogen-bond acceptors (Lipinski definition) is 6. The van der Waals surface area contributed by atoms with E-state index in [1.807, 2.05) is 89.5 Å². The van der Waals surface area contributed by atoms with Crippen molar-refractivity contribution < 1.29 is 0 Å². The molecule has 406 valence electrons. The molecular formula is C62H118N8. The summed E-state index contributed by atoms with van der Waals surface area (Å²) >= 11 is 0. The maximum Gasteiger partial charge on any atom is 0.109 e. The molecule has 70 heavy (non-hydrogen) atoms. The molecule has 0 aromatic heterocycles. The van der Waals surface area contributed by atoms with Crippen molar-refractivity contribution in [1.29, 1.82) is 0 Å². The van der Waals surface area contributed by atoms with Crippen LogP contribution in [0.4, 0.5) is 0 Å². The summed E-state index contributed by atoms with van der Waals surface area (Å²) < 4.78 is 0. The highest BCUT2D eigenvalue weighted by molar-refractivity contribution is 5.74. The fourth-order valence-corrected chi connectivity index (χ4v) is 3.21. The molecule has 0 unspecified atom stereocenters. The van der Waals surface area contributed by atoms with Gasteiger partial charge >= 0.3 is 0 Å². The van der Waals surface area contributed by atoms with Crippen LogP contribution in [0.2, 0.25) is 0 Å². The minimum atomic E-state index is 0.351. The number of hydrogen-bond donors (Lipinski definition) is 0. The minimum Gasteiger partial charge on any atom is -0.290 e. The molecular weight excluding hydrogens is 857 g/mol. The largest absolute Gasteiger partial charge is 0.290 e. The summed E-state index contributed by atoms with van der Waals surface area (Å²) in [4.78, 5) is 32.7. The molecule has 0 saturated heterocycles. The first kappa shape index (κ1) is 79.9. The Bertz CT molecular complexity index is 1050. The summed E-state index contributed by atoms with van der Waals surface area (Å²) in [6, 6.07) is 1.53. The van der Waals surface area contributed by atoms with Crippen LogP contribution in [-0.2, 0) is 0 Å². The smallest absolute Gasteiger partial charge is 0.109 e. The molecule has 0 heterocycles. The first-order chi connectivity index (χ1) is 32.4. The zero-order chi connectivity index (χ0) is 55.9. The number of aliphatic imine (C=N–C) groups is 8. The second kappa shape index (κ2) is 60.9. The predicted molar refractivity (Wildman–Crippen MR) is 332 cm³/mol. The Morgan fingerprint density at radius 2 is 0.429 bits per heavy atom. The van der Waals surface area contributed by atoms with Gasteiger partial charge in [0, 0.05) is 73.9 Å². The van der Waals surface area contributed by atoms with Gasteiger partial charge in [-0.25, -0.2) is 9.98 Å². The molecule has 0 atom stereocenters. The van der Waals surface area contributed by atoms with Crippen LogP contribution >= 0.6 is 0 Å². The normalized spacial score (nSPS) is 13.0. The molecule has 0 aliphatic carbocycles. The van der Waals surface area contributed by atoms with E-state index in [4.69, 9.17) is 0 Å². The fourth-order valence-electron chi connectivity index (χ4n) is 3.21. The first-order valence-corrected chi connectivity index (χ1v) is 26.6. The Morgan fingerprint density at radius 1 is 0.214 bits per heavy atom. The standard InChI is InChI=1S/C10H18.4C9H17N.2C8H16N2/c1-9(2)7-5-6-8-10(3)4;2*1-8(2)5-6-10-7-9(3)4;2*1-8(2)6-5-7-10-9(3)4;2*1-7(2)5-9-6-10-8(3)4/h5-10H,1-4H3;4*5-9H,1-4H3;2*5-8H,1-4H3/b7-5-,8-6-;4*6-5-,10-7?;;. The van der Waals surface area contributed by atoms with Crippen molar-refractivity contribution >= 4 is 50.0 Å². The van der Waals surface area contributed by atoms with Gasteiger partial charge in [0.15, 0.2) is 0 Å². The lowest BCUT2D eigenvalue weighted by molar-refractivity contribution is 0.825. The number of allylic oxidation sites excluding steroid dienone is 10. The summed E-state index contributed by atoms with van der Waals surface area (Å²) in [5.41, 5.74) is 0. The van der Waals surface area contributed by atoms with Gasteiger partial charge in [0.1, 0.15) is 12.7 Å². The van der Waals surface area contributed by atoms with Crippen LogP contribution in [-0.4, -0.2) is 74.1 Å². The molecule has 0 saturated carbocycles. The quantitative estimate of drug-likeness (QED) is 0.0622. The third-order valence-corrected chi connectivity index (χ3v) is 6.55. The number of rotatable bonds is 21. The van der Waals surface area contributed by atoms with Gasteiger partial charge in [0.25, 0.3) is 0 Å². The summed E-state index contributed by atoms with van der Waals surface area (Å²) in [6.07, 6.45) is 39.4. The van der Waals surface area contributed by atoms with Crippen LogP contribution in [0, 0.1) is 59.2 Å². The zero-order valence-electron chi connectivity index (χ0n) is 51.2. The Labute approximate surface area is 438 Å². The molecule has 0 rings (SSSR count). The lowest BCUT2D eigenvalue weighted by Gasteiger charge is -1.92. The molecule has 0 aromatic rings. The molecule has 0 aliphatic rings. The second-order valence-electron chi connectivity index (χ2n) is 21.4. The average Bonchev–Trinajstić information content (AvgIpc) is 3.21. The Morgan fingerprint density at radius 3 is 0.629 bits per heavy atom. The van der Waals surface area contributed by atoms with E-state index in [2.05, 4.69) is 255 Å². The summed E-state index contributed by atoms with van der Waals surface area (Å²) in [6.45, 7) is 59.1. The van der Waals surface area contributed by atoms with Crippen molar-refractivity contribution in [2.24, 2.45) is 99.1 Å².